The molecule has 6 nitrogen and oxygen atoms in total. The van der Waals surface area contributed by atoms with Gasteiger partial charge in [-0.05, 0) is 34.6 Å². The van der Waals surface area contributed by atoms with Gasteiger partial charge in [0.2, 0.25) is 0 Å². The molecule has 1 aromatic rings. The molecule has 1 amide bonds. The number of hydrogen-bond donors (Lipinski definition) is 2. The van der Waals surface area contributed by atoms with Crippen molar-refractivity contribution in [3.05, 3.63) is 16.1 Å². The zero-order valence-corrected chi connectivity index (χ0v) is 14.6. The number of thiazole rings is 1. The van der Waals surface area contributed by atoms with Crippen molar-refractivity contribution >= 4 is 17.4 Å². The van der Waals surface area contributed by atoms with E-state index in [2.05, 4.69) is 10.3 Å². The third-order valence-electron chi connectivity index (χ3n) is 3.41. The Kier molecular flexibility index (Phi) is 5.09. The van der Waals surface area contributed by atoms with Gasteiger partial charge >= 0.3 is 6.09 Å². The minimum absolute atomic E-state index is 0.0388. The number of likely N-dealkylation sites (tertiary alicyclic amines) is 1. The summed E-state index contributed by atoms with van der Waals surface area (Å²) in [7, 11) is 0. The monoisotopic (exact) mass is 327 g/mol. The molecule has 3 atom stereocenters. The molecule has 124 valence electrons. The molecule has 1 fully saturated rings. The molecular weight excluding hydrogens is 302 g/mol. The maximum Gasteiger partial charge on any atom is 0.410 e. The van der Waals surface area contributed by atoms with Crippen LogP contribution in [-0.2, 0) is 4.74 Å². The van der Waals surface area contributed by atoms with E-state index in [1.807, 2.05) is 40.0 Å². The molecule has 0 aliphatic carbocycles. The Hall–Kier alpha value is -1.18. The van der Waals surface area contributed by atoms with Crippen molar-refractivity contribution in [3.63, 3.8) is 0 Å². The molecule has 2 rings (SSSR count). The van der Waals surface area contributed by atoms with Crippen molar-refractivity contribution < 1.29 is 14.6 Å². The van der Waals surface area contributed by atoms with E-state index in [9.17, 15) is 9.90 Å². The molecule has 1 aromatic heterocycles. The summed E-state index contributed by atoms with van der Waals surface area (Å²) in [5.74, 6) is 0. The van der Waals surface area contributed by atoms with Gasteiger partial charge in [0.25, 0.3) is 0 Å². The van der Waals surface area contributed by atoms with Gasteiger partial charge in [-0.25, -0.2) is 9.78 Å². The van der Waals surface area contributed by atoms with Gasteiger partial charge in [-0.15, -0.1) is 11.3 Å². The van der Waals surface area contributed by atoms with E-state index in [0.717, 1.165) is 10.7 Å². The van der Waals surface area contributed by atoms with Gasteiger partial charge in [0, 0.05) is 17.6 Å². The lowest BCUT2D eigenvalue weighted by Gasteiger charge is -2.24. The normalized spacial score (nSPS) is 23.6. The largest absolute Gasteiger partial charge is 0.444 e. The van der Waals surface area contributed by atoms with Crippen LogP contribution in [0.3, 0.4) is 0 Å². The Balaban J connectivity index is 1.92. The topological polar surface area (TPSA) is 74.7 Å². The first kappa shape index (κ1) is 17.2. The Bertz CT molecular complexity index is 526. The number of carbonyl (C=O) groups is 1. The molecule has 1 unspecified atom stereocenters. The average Bonchev–Trinajstić information content (AvgIpc) is 2.95. The summed E-state index contributed by atoms with van der Waals surface area (Å²) in [4.78, 5) is 18.1. The minimum atomic E-state index is -0.601. The van der Waals surface area contributed by atoms with Gasteiger partial charge in [0.15, 0.2) is 0 Å². The fraction of sp³-hybridized carbons (Fsp3) is 0.733. The van der Waals surface area contributed by atoms with Gasteiger partial charge in [-0.3, -0.25) is 0 Å². The summed E-state index contributed by atoms with van der Waals surface area (Å²) >= 11 is 1.60. The van der Waals surface area contributed by atoms with Crippen molar-refractivity contribution in [1.29, 1.82) is 0 Å². The fourth-order valence-corrected chi connectivity index (χ4v) is 3.20. The van der Waals surface area contributed by atoms with Gasteiger partial charge in [0.05, 0.1) is 24.7 Å². The second kappa shape index (κ2) is 6.52. The van der Waals surface area contributed by atoms with Crippen LogP contribution in [0.15, 0.2) is 5.38 Å². The summed E-state index contributed by atoms with van der Waals surface area (Å²) < 4.78 is 5.35. The first-order valence-corrected chi connectivity index (χ1v) is 8.38. The molecule has 0 bridgehead atoms. The maximum absolute atomic E-state index is 12.1. The third kappa shape index (κ3) is 4.41. The van der Waals surface area contributed by atoms with Crippen LogP contribution in [0.2, 0.25) is 0 Å². The molecular formula is C15H25N3O3S. The quantitative estimate of drug-likeness (QED) is 0.889. The molecule has 0 radical (unpaired) electrons. The van der Waals surface area contributed by atoms with Gasteiger partial charge in [0.1, 0.15) is 10.6 Å². The van der Waals surface area contributed by atoms with Crippen molar-refractivity contribution in [3.8, 4) is 0 Å². The lowest BCUT2D eigenvalue weighted by atomic mass is 10.2. The highest BCUT2D eigenvalue weighted by molar-refractivity contribution is 7.09. The van der Waals surface area contributed by atoms with E-state index >= 15 is 0 Å². The van der Waals surface area contributed by atoms with E-state index in [0.29, 0.717) is 6.54 Å². The number of amides is 1. The number of carbonyl (C=O) groups excluding carboxylic acids is 1. The van der Waals surface area contributed by atoms with E-state index in [1.165, 1.54) is 0 Å². The number of β-amino-alcohol motifs (C(OH)–C–C–N with tert-alkyl or cyclic N) is 1. The Morgan fingerprint density at radius 3 is 2.77 bits per heavy atom. The molecule has 7 heteroatoms. The van der Waals surface area contributed by atoms with Gasteiger partial charge in [-0.1, -0.05) is 0 Å². The van der Waals surface area contributed by atoms with Crippen LogP contribution in [0.1, 0.15) is 44.4 Å². The molecule has 2 N–H and O–H groups in total. The zero-order valence-electron chi connectivity index (χ0n) is 13.8. The number of rotatable bonds is 3. The number of aromatic nitrogens is 1. The first-order chi connectivity index (χ1) is 10.2. The lowest BCUT2D eigenvalue weighted by Crippen LogP contribution is -2.41. The third-order valence-corrected chi connectivity index (χ3v) is 4.56. The van der Waals surface area contributed by atoms with Crippen LogP contribution in [-0.4, -0.2) is 51.9 Å². The summed E-state index contributed by atoms with van der Waals surface area (Å²) in [5, 5.41) is 16.5. The molecule has 22 heavy (non-hydrogen) atoms. The Labute approximate surface area is 135 Å². The predicted octanol–water partition coefficient (Wildman–Crippen LogP) is 2.08. The number of nitrogens with zero attached hydrogens (tertiary/aromatic N) is 2. The molecule has 0 aromatic carbocycles. The standard InChI is InChI=1S/C15H25N3O3S/c1-9-8-22-13(16-9)10(2)17-11-6-18(7-12(11)19)14(20)21-15(3,4)5/h8,10-12,17,19H,6-7H2,1-5H3/t10?,11-,12-/m0/s1. The van der Waals surface area contributed by atoms with Crippen LogP contribution in [0, 0.1) is 6.92 Å². The molecule has 2 heterocycles. The number of nitrogens with one attached hydrogen (secondary N) is 1. The molecule has 0 spiro atoms. The van der Waals surface area contributed by atoms with Crippen LogP contribution in [0.25, 0.3) is 0 Å². The summed E-state index contributed by atoms with van der Waals surface area (Å²) in [6.07, 6.45) is -0.982. The van der Waals surface area contributed by atoms with Crippen molar-refractivity contribution in [2.75, 3.05) is 13.1 Å². The van der Waals surface area contributed by atoms with Gasteiger partial charge in [-0.2, -0.15) is 0 Å². The van der Waals surface area contributed by atoms with Crippen LogP contribution in [0.4, 0.5) is 4.79 Å². The second-order valence-electron chi connectivity index (χ2n) is 6.77. The molecule has 0 saturated carbocycles. The number of ether oxygens (including phenoxy) is 1. The highest BCUT2D eigenvalue weighted by Crippen LogP contribution is 2.21. The molecule has 1 aliphatic heterocycles. The SMILES string of the molecule is Cc1csc(C(C)N[C@H]2CN(C(=O)OC(C)(C)C)C[C@@H]2O)n1. The smallest absolute Gasteiger partial charge is 0.410 e. The van der Waals surface area contributed by atoms with Gasteiger partial charge < -0.3 is 20.1 Å². The number of aryl methyl sites for hydroxylation is 1. The first-order valence-electron chi connectivity index (χ1n) is 7.50. The Morgan fingerprint density at radius 1 is 1.55 bits per heavy atom. The predicted molar refractivity (Wildman–Crippen MR) is 86.0 cm³/mol. The zero-order chi connectivity index (χ0) is 16.5. The van der Waals surface area contributed by atoms with E-state index in [4.69, 9.17) is 4.74 Å². The second-order valence-corrected chi connectivity index (χ2v) is 7.66. The average molecular weight is 327 g/mol. The maximum atomic E-state index is 12.1. The number of hydrogen-bond acceptors (Lipinski definition) is 6. The lowest BCUT2D eigenvalue weighted by molar-refractivity contribution is 0.0270. The molecule has 1 aliphatic rings. The highest BCUT2D eigenvalue weighted by atomic mass is 32.1. The fourth-order valence-electron chi connectivity index (χ4n) is 2.39. The van der Waals surface area contributed by atoms with Crippen LogP contribution in [0.5, 0.6) is 0 Å². The van der Waals surface area contributed by atoms with Crippen LogP contribution < -0.4 is 5.32 Å². The highest BCUT2D eigenvalue weighted by Gasteiger charge is 2.36. The summed E-state index contributed by atoms with van der Waals surface area (Å²) in [6.45, 7) is 10.2. The Morgan fingerprint density at radius 2 is 2.23 bits per heavy atom. The van der Waals surface area contributed by atoms with Crippen molar-refractivity contribution in [1.82, 2.24) is 15.2 Å². The van der Waals surface area contributed by atoms with Crippen molar-refractivity contribution in [2.45, 2.75) is 58.4 Å². The number of aliphatic hydroxyl groups excluding tert-OH is 1. The molecule has 1 saturated heterocycles. The minimum Gasteiger partial charge on any atom is -0.444 e. The van der Waals surface area contributed by atoms with Crippen LogP contribution >= 0.6 is 11.3 Å². The van der Waals surface area contributed by atoms with E-state index in [-0.39, 0.29) is 24.7 Å². The summed E-state index contributed by atoms with van der Waals surface area (Å²) in [5.41, 5.74) is 0.468. The van der Waals surface area contributed by atoms with E-state index < -0.39 is 11.7 Å². The number of aliphatic hydroxyl groups is 1. The van der Waals surface area contributed by atoms with Crippen molar-refractivity contribution in [2.24, 2.45) is 0 Å². The van der Waals surface area contributed by atoms with E-state index in [1.54, 1.807) is 16.2 Å². The summed E-state index contributed by atoms with van der Waals surface area (Å²) in [6, 6.07) is -0.135.